The minimum absolute atomic E-state index is 0.421. The largest absolute Gasteiger partial charge is 0.494 e. The zero-order valence-corrected chi connectivity index (χ0v) is 16.9. The van der Waals surface area contributed by atoms with Gasteiger partial charge >= 0.3 is 0 Å². The van der Waals surface area contributed by atoms with Crippen LogP contribution in [-0.2, 0) is 4.79 Å². The number of hydrogen-bond acceptors (Lipinski definition) is 3. The van der Waals surface area contributed by atoms with E-state index in [1.54, 1.807) is 11.0 Å². The summed E-state index contributed by atoms with van der Waals surface area (Å²) in [6.45, 7) is 7.14. The highest BCUT2D eigenvalue weighted by Crippen LogP contribution is 2.37. The molecule has 2 aromatic carbocycles. The van der Waals surface area contributed by atoms with Crippen LogP contribution in [0, 0.1) is 20.8 Å². The Balaban J connectivity index is 1.56. The second-order valence-electron chi connectivity index (χ2n) is 6.73. The van der Waals surface area contributed by atoms with E-state index < -0.39 is 11.7 Å². The standard InChI is InChI=1S/C21H22BrNO3/c1-13-10-17-19(18(22)11-13)23(21(25)20(17)24)8-4-5-9-26-16-7-6-14(2)15(3)12-16/h6-7,10-12H,4-5,8-9H2,1-3H3. The average Bonchev–Trinajstić information content (AvgIpc) is 2.83. The molecule has 3 rings (SSSR count). The molecule has 1 heterocycles. The van der Waals surface area contributed by atoms with E-state index in [0.717, 1.165) is 28.6 Å². The molecule has 5 heteroatoms. The maximum atomic E-state index is 12.3. The van der Waals surface area contributed by atoms with E-state index in [0.29, 0.717) is 24.4 Å². The van der Waals surface area contributed by atoms with Crippen LogP contribution in [0.1, 0.15) is 39.9 Å². The van der Waals surface area contributed by atoms with Crippen molar-refractivity contribution in [3.8, 4) is 5.75 Å². The molecule has 0 aromatic heterocycles. The predicted molar refractivity (Wildman–Crippen MR) is 106 cm³/mol. The summed E-state index contributed by atoms with van der Waals surface area (Å²) in [4.78, 5) is 26.1. The Bertz CT molecular complexity index is 876. The van der Waals surface area contributed by atoms with Gasteiger partial charge in [0.15, 0.2) is 0 Å². The molecular formula is C21H22BrNO3. The summed E-state index contributed by atoms with van der Waals surface area (Å²) >= 11 is 3.49. The van der Waals surface area contributed by atoms with Gasteiger partial charge in [-0.25, -0.2) is 0 Å². The molecule has 1 aliphatic rings. The Hall–Kier alpha value is -2.14. The van der Waals surface area contributed by atoms with Crippen LogP contribution >= 0.6 is 15.9 Å². The van der Waals surface area contributed by atoms with Crippen molar-refractivity contribution >= 4 is 33.3 Å². The Morgan fingerprint density at radius 3 is 2.50 bits per heavy atom. The average molecular weight is 416 g/mol. The molecule has 1 amide bonds. The third-order valence-electron chi connectivity index (χ3n) is 4.68. The van der Waals surface area contributed by atoms with Gasteiger partial charge in [0.05, 0.1) is 17.9 Å². The van der Waals surface area contributed by atoms with Gasteiger partial charge in [-0.15, -0.1) is 0 Å². The van der Waals surface area contributed by atoms with Crippen LogP contribution in [0.15, 0.2) is 34.8 Å². The van der Waals surface area contributed by atoms with Crippen molar-refractivity contribution in [2.75, 3.05) is 18.1 Å². The van der Waals surface area contributed by atoms with Gasteiger partial charge in [-0.3, -0.25) is 9.59 Å². The summed E-state index contributed by atoms with van der Waals surface area (Å²) in [5, 5.41) is 0. The number of Topliss-reactive ketones (excluding diaryl/α,β-unsaturated/α-hetero) is 1. The Labute approximate surface area is 162 Å². The van der Waals surface area contributed by atoms with E-state index in [1.807, 2.05) is 25.1 Å². The van der Waals surface area contributed by atoms with Crippen LogP contribution in [0.5, 0.6) is 5.75 Å². The van der Waals surface area contributed by atoms with Crippen LogP contribution in [0.3, 0.4) is 0 Å². The lowest BCUT2D eigenvalue weighted by Crippen LogP contribution is -2.31. The number of ether oxygens (including phenoxy) is 1. The first-order valence-corrected chi connectivity index (χ1v) is 9.54. The summed E-state index contributed by atoms with van der Waals surface area (Å²) in [6, 6.07) is 9.77. The van der Waals surface area contributed by atoms with E-state index >= 15 is 0 Å². The number of amides is 1. The second-order valence-corrected chi connectivity index (χ2v) is 7.58. The highest BCUT2D eigenvalue weighted by atomic mass is 79.9. The van der Waals surface area contributed by atoms with E-state index in [1.165, 1.54) is 11.1 Å². The topological polar surface area (TPSA) is 46.6 Å². The minimum Gasteiger partial charge on any atom is -0.494 e. The van der Waals surface area contributed by atoms with E-state index in [2.05, 4.69) is 35.8 Å². The zero-order chi connectivity index (χ0) is 18.8. The fourth-order valence-corrected chi connectivity index (χ4v) is 3.89. The number of benzene rings is 2. The van der Waals surface area contributed by atoms with Crippen LogP contribution in [0.4, 0.5) is 5.69 Å². The van der Waals surface area contributed by atoms with Gasteiger partial charge in [-0.2, -0.15) is 0 Å². The van der Waals surface area contributed by atoms with E-state index in [9.17, 15) is 9.59 Å². The predicted octanol–water partition coefficient (Wildman–Crippen LogP) is 4.76. The molecule has 0 spiro atoms. The molecule has 1 aliphatic heterocycles. The summed E-state index contributed by atoms with van der Waals surface area (Å²) < 4.78 is 6.57. The van der Waals surface area contributed by atoms with Crippen molar-refractivity contribution in [3.63, 3.8) is 0 Å². The lowest BCUT2D eigenvalue weighted by Gasteiger charge is -2.18. The molecular weight excluding hydrogens is 394 g/mol. The summed E-state index contributed by atoms with van der Waals surface area (Å²) in [5.41, 5.74) is 4.60. The van der Waals surface area contributed by atoms with Crippen LogP contribution in [0.2, 0.25) is 0 Å². The maximum Gasteiger partial charge on any atom is 0.299 e. The molecule has 0 N–H and O–H groups in total. The first-order chi connectivity index (χ1) is 12.4. The molecule has 0 radical (unpaired) electrons. The smallest absolute Gasteiger partial charge is 0.299 e. The first kappa shape index (κ1) is 18.6. The lowest BCUT2D eigenvalue weighted by molar-refractivity contribution is -0.114. The van der Waals surface area contributed by atoms with Gasteiger partial charge in [-0.1, -0.05) is 6.07 Å². The lowest BCUT2D eigenvalue weighted by atomic mass is 10.1. The Morgan fingerprint density at radius 2 is 1.77 bits per heavy atom. The molecule has 0 saturated heterocycles. The van der Waals surface area contributed by atoms with E-state index in [4.69, 9.17) is 4.74 Å². The SMILES string of the molecule is Cc1cc(Br)c2c(c1)C(=O)C(=O)N2CCCCOc1ccc(C)c(C)c1. The van der Waals surface area contributed by atoms with Crippen molar-refractivity contribution in [3.05, 3.63) is 57.1 Å². The van der Waals surface area contributed by atoms with Gasteiger partial charge in [0.2, 0.25) is 0 Å². The fourth-order valence-electron chi connectivity index (χ4n) is 3.10. The first-order valence-electron chi connectivity index (χ1n) is 8.75. The van der Waals surface area contributed by atoms with Gasteiger partial charge < -0.3 is 9.64 Å². The number of hydrogen-bond donors (Lipinski definition) is 0. The Morgan fingerprint density at radius 1 is 1.00 bits per heavy atom. The third-order valence-corrected chi connectivity index (χ3v) is 5.29. The quantitative estimate of drug-likeness (QED) is 0.504. The fraction of sp³-hybridized carbons (Fsp3) is 0.333. The molecule has 4 nitrogen and oxygen atoms in total. The number of anilines is 1. The minimum atomic E-state index is -0.443. The van der Waals surface area contributed by atoms with Crippen molar-refractivity contribution in [1.82, 2.24) is 0 Å². The summed E-state index contributed by atoms with van der Waals surface area (Å²) in [6.07, 6.45) is 1.58. The molecule has 0 fully saturated rings. The number of rotatable bonds is 6. The van der Waals surface area contributed by atoms with Crippen molar-refractivity contribution in [2.24, 2.45) is 0 Å². The Kier molecular flexibility index (Phi) is 5.47. The number of unbranched alkanes of at least 4 members (excludes halogenated alkanes) is 1. The van der Waals surface area contributed by atoms with Gasteiger partial charge in [0, 0.05) is 11.0 Å². The molecule has 0 unspecified atom stereocenters. The molecule has 26 heavy (non-hydrogen) atoms. The van der Waals surface area contributed by atoms with E-state index in [-0.39, 0.29) is 0 Å². The van der Waals surface area contributed by atoms with Crippen LogP contribution in [0.25, 0.3) is 0 Å². The number of carbonyl (C=O) groups excluding carboxylic acids is 2. The monoisotopic (exact) mass is 415 g/mol. The number of aryl methyl sites for hydroxylation is 3. The number of ketones is 1. The molecule has 0 bridgehead atoms. The van der Waals surface area contributed by atoms with Gasteiger partial charge in [-0.05, 0) is 90.5 Å². The van der Waals surface area contributed by atoms with Crippen molar-refractivity contribution in [1.29, 1.82) is 0 Å². The maximum absolute atomic E-state index is 12.3. The summed E-state index contributed by atoms with van der Waals surface area (Å²) in [5.74, 6) is 0.00116. The highest BCUT2D eigenvalue weighted by molar-refractivity contribution is 9.10. The molecule has 0 aliphatic carbocycles. The normalized spacial score (nSPS) is 13.3. The van der Waals surface area contributed by atoms with Crippen LogP contribution < -0.4 is 9.64 Å². The number of carbonyl (C=O) groups is 2. The molecule has 0 saturated carbocycles. The number of nitrogens with zero attached hydrogens (tertiary/aromatic N) is 1. The molecule has 0 atom stereocenters. The number of halogens is 1. The zero-order valence-electron chi connectivity index (χ0n) is 15.3. The van der Waals surface area contributed by atoms with Crippen molar-refractivity contribution < 1.29 is 14.3 Å². The molecule has 2 aromatic rings. The summed E-state index contributed by atoms with van der Waals surface area (Å²) in [7, 11) is 0. The third kappa shape index (κ3) is 3.68. The van der Waals surface area contributed by atoms with Gasteiger partial charge in [0.25, 0.3) is 11.7 Å². The van der Waals surface area contributed by atoms with Crippen LogP contribution in [-0.4, -0.2) is 24.8 Å². The molecule has 136 valence electrons. The van der Waals surface area contributed by atoms with Crippen molar-refractivity contribution in [2.45, 2.75) is 33.6 Å². The van der Waals surface area contributed by atoms with Gasteiger partial charge in [0.1, 0.15) is 5.75 Å². The second kappa shape index (κ2) is 7.62. The highest BCUT2D eigenvalue weighted by Gasteiger charge is 2.37. The number of fused-ring (bicyclic) bond motifs is 1.